The first-order valence-corrected chi connectivity index (χ1v) is 6.67. The molecule has 1 aromatic heterocycles. The lowest BCUT2D eigenvalue weighted by Gasteiger charge is -2.08. The Kier molecular flexibility index (Phi) is 4.36. The van der Waals surface area contributed by atoms with Crippen LogP contribution in [0.4, 0.5) is 10.1 Å². The zero-order valence-corrected chi connectivity index (χ0v) is 11.7. The van der Waals surface area contributed by atoms with Gasteiger partial charge in [-0.15, -0.1) is 0 Å². The van der Waals surface area contributed by atoms with Crippen molar-refractivity contribution in [2.24, 2.45) is 0 Å². The van der Waals surface area contributed by atoms with Crippen molar-refractivity contribution in [3.63, 3.8) is 0 Å². The van der Waals surface area contributed by atoms with E-state index < -0.39 is 5.82 Å². The van der Waals surface area contributed by atoms with Crippen LogP contribution >= 0.6 is 0 Å². The van der Waals surface area contributed by atoms with Gasteiger partial charge in [0.1, 0.15) is 11.9 Å². The van der Waals surface area contributed by atoms with Crippen LogP contribution in [0.2, 0.25) is 0 Å². The minimum atomic E-state index is -0.495. The first-order valence-electron chi connectivity index (χ1n) is 6.67. The van der Waals surface area contributed by atoms with E-state index in [0.29, 0.717) is 6.54 Å². The third-order valence-electron chi connectivity index (χ3n) is 3.14. The summed E-state index contributed by atoms with van der Waals surface area (Å²) in [7, 11) is 0. The van der Waals surface area contributed by atoms with Gasteiger partial charge < -0.3 is 5.32 Å². The predicted octanol–water partition coefficient (Wildman–Crippen LogP) is 3.09. The quantitative estimate of drug-likeness (QED) is 0.910. The second-order valence-corrected chi connectivity index (χ2v) is 4.46. The van der Waals surface area contributed by atoms with Gasteiger partial charge in [-0.3, -0.25) is 4.68 Å². The highest BCUT2D eigenvalue weighted by Crippen LogP contribution is 2.15. The fraction of sp³-hybridized carbons (Fsp3) is 0.333. The summed E-state index contributed by atoms with van der Waals surface area (Å²) in [6, 6.07) is 8.34. The van der Waals surface area contributed by atoms with Crippen molar-refractivity contribution >= 4 is 5.69 Å². The van der Waals surface area contributed by atoms with E-state index >= 15 is 0 Å². The summed E-state index contributed by atoms with van der Waals surface area (Å²) in [5.74, 6) is -0.495. The fourth-order valence-corrected chi connectivity index (χ4v) is 2.02. The van der Waals surface area contributed by atoms with Crippen LogP contribution in [0.3, 0.4) is 0 Å². The minimum Gasteiger partial charge on any atom is -0.379 e. The smallest absolute Gasteiger partial charge is 0.141 e. The van der Waals surface area contributed by atoms with Crippen LogP contribution in [-0.2, 0) is 19.5 Å². The number of benzene rings is 1. The Bertz CT molecular complexity index is 640. The van der Waals surface area contributed by atoms with E-state index in [1.54, 1.807) is 6.07 Å². The van der Waals surface area contributed by atoms with Gasteiger partial charge in [0.05, 0.1) is 23.5 Å². The zero-order valence-electron chi connectivity index (χ0n) is 11.7. The molecule has 104 valence electrons. The normalized spacial score (nSPS) is 10.3. The molecule has 1 N–H and O–H groups in total. The van der Waals surface area contributed by atoms with Gasteiger partial charge in [0.25, 0.3) is 0 Å². The van der Waals surface area contributed by atoms with E-state index in [0.717, 1.165) is 30.0 Å². The molecule has 0 aliphatic heterocycles. The van der Waals surface area contributed by atoms with Crippen molar-refractivity contribution in [3.05, 3.63) is 47.0 Å². The summed E-state index contributed by atoms with van der Waals surface area (Å²) in [5, 5.41) is 16.5. The molecule has 0 aliphatic carbocycles. The summed E-state index contributed by atoms with van der Waals surface area (Å²) < 4.78 is 15.2. The van der Waals surface area contributed by atoms with Crippen LogP contribution in [0.25, 0.3) is 0 Å². The van der Waals surface area contributed by atoms with Gasteiger partial charge in [0.15, 0.2) is 0 Å². The molecule has 2 rings (SSSR count). The number of nitrogens with one attached hydrogen (secondary N) is 1. The van der Waals surface area contributed by atoms with Crippen molar-refractivity contribution in [1.82, 2.24) is 9.78 Å². The molecule has 0 aliphatic rings. The van der Waals surface area contributed by atoms with Gasteiger partial charge in [-0.2, -0.15) is 10.4 Å². The van der Waals surface area contributed by atoms with E-state index in [1.165, 1.54) is 12.1 Å². The Labute approximate surface area is 117 Å². The van der Waals surface area contributed by atoms with Gasteiger partial charge in [-0.05, 0) is 37.6 Å². The van der Waals surface area contributed by atoms with E-state index in [-0.39, 0.29) is 5.56 Å². The molecular formula is C15H17FN4. The van der Waals surface area contributed by atoms with Gasteiger partial charge in [-0.25, -0.2) is 4.39 Å². The predicted molar refractivity (Wildman–Crippen MR) is 75.7 cm³/mol. The molecule has 1 heterocycles. The molecule has 0 fully saturated rings. The van der Waals surface area contributed by atoms with E-state index in [4.69, 9.17) is 5.26 Å². The van der Waals surface area contributed by atoms with Crippen molar-refractivity contribution < 1.29 is 4.39 Å². The SMILES string of the molecule is CCc1cc(CNc2ccc(F)c(C#N)c2)n(CC)n1. The number of rotatable bonds is 5. The van der Waals surface area contributed by atoms with E-state index in [1.807, 2.05) is 17.7 Å². The molecule has 4 nitrogen and oxygen atoms in total. The highest BCUT2D eigenvalue weighted by Gasteiger charge is 2.06. The van der Waals surface area contributed by atoms with E-state index in [2.05, 4.69) is 23.4 Å². The van der Waals surface area contributed by atoms with Gasteiger partial charge in [0, 0.05) is 12.2 Å². The van der Waals surface area contributed by atoms with Crippen molar-refractivity contribution in [2.45, 2.75) is 33.4 Å². The molecular weight excluding hydrogens is 255 g/mol. The summed E-state index contributed by atoms with van der Waals surface area (Å²) in [5.41, 5.74) is 2.91. The monoisotopic (exact) mass is 272 g/mol. The zero-order chi connectivity index (χ0) is 14.5. The second-order valence-electron chi connectivity index (χ2n) is 4.46. The van der Waals surface area contributed by atoms with Gasteiger partial charge >= 0.3 is 0 Å². The topological polar surface area (TPSA) is 53.6 Å². The maximum absolute atomic E-state index is 13.2. The Morgan fingerprint density at radius 2 is 2.15 bits per heavy atom. The average Bonchev–Trinajstić information content (AvgIpc) is 2.88. The standard InChI is InChI=1S/C15H17FN4/c1-3-12-8-14(20(4-2)19-12)10-18-13-5-6-15(16)11(7-13)9-17/h5-8,18H,3-4,10H2,1-2H3. The minimum absolute atomic E-state index is 0.0493. The van der Waals surface area contributed by atoms with Gasteiger partial charge in [-0.1, -0.05) is 6.92 Å². The Balaban J connectivity index is 2.12. The van der Waals surface area contributed by atoms with Crippen molar-refractivity contribution in [2.75, 3.05) is 5.32 Å². The molecule has 0 unspecified atom stereocenters. The molecule has 0 atom stereocenters. The molecule has 0 radical (unpaired) electrons. The summed E-state index contributed by atoms with van der Waals surface area (Å²) in [6.45, 7) is 5.52. The molecule has 20 heavy (non-hydrogen) atoms. The third-order valence-corrected chi connectivity index (χ3v) is 3.14. The lowest BCUT2D eigenvalue weighted by molar-refractivity contribution is 0.618. The fourth-order valence-electron chi connectivity index (χ4n) is 2.02. The number of aryl methyl sites for hydroxylation is 2. The largest absolute Gasteiger partial charge is 0.379 e. The number of halogens is 1. The number of hydrogen-bond donors (Lipinski definition) is 1. The maximum Gasteiger partial charge on any atom is 0.141 e. The lowest BCUT2D eigenvalue weighted by atomic mass is 10.2. The van der Waals surface area contributed by atoms with E-state index in [9.17, 15) is 4.39 Å². The number of aromatic nitrogens is 2. The first-order chi connectivity index (χ1) is 9.67. The molecule has 0 amide bonds. The van der Waals surface area contributed by atoms with Crippen molar-refractivity contribution in [3.8, 4) is 6.07 Å². The van der Waals surface area contributed by atoms with Crippen LogP contribution in [0, 0.1) is 17.1 Å². The third kappa shape index (κ3) is 2.97. The molecule has 0 spiro atoms. The van der Waals surface area contributed by atoms with Crippen LogP contribution in [0.1, 0.15) is 30.8 Å². The molecule has 0 bridgehead atoms. The molecule has 0 saturated carbocycles. The Hall–Kier alpha value is -2.35. The summed E-state index contributed by atoms with van der Waals surface area (Å²) >= 11 is 0. The second kappa shape index (κ2) is 6.20. The highest BCUT2D eigenvalue weighted by atomic mass is 19.1. The van der Waals surface area contributed by atoms with Crippen LogP contribution in [0.15, 0.2) is 24.3 Å². The Morgan fingerprint density at radius 1 is 1.35 bits per heavy atom. The van der Waals surface area contributed by atoms with Gasteiger partial charge in [0.2, 0.25) is 0 Å². The molecule has 2 aromatic rings. The molecule has 0 saturated heterocycles. The summed E-state index contributed by atoms with van der Waals surface area (Å²) in [4.78, 5) is 0. The number of hydrogen-bond acceptors (Lipinski definition) is 3. The summed E-state index contributed by atoms with van der Waals surface area (Å²) in [6.07, 6.45) is 0.898. The number of anilines is 1. The van der Waals surface area contributed by atoms with Crippen molar-refractivity contribution in [1.29, 1.82) is 5.26 Å². The highest BCUT2D eigenvalue weighted by molar-refractivity contribution is 5.50. The average molecular weight is 272 g/mol. The lowest BCUT2D eigenvalue weighted by Crippen LogP contribution is -2.08. The van der Waals surface area contributed by atoms with Crippen LogP contribution in [-0.4, -0.2) is 9.78 Å². The number of nitrogens with zero attached hydrogens (tertiary/aromatic N) is 3. The molecule has 1 aromatic carbocycles. The molecule has 5 heteroatoms. The first kappa shape index (κ1) is 14.1. The Morgan fingerprint density at radius 3 is 2.80 bits per heavy atom. The number of nitriles is 1. The van der Waals surface area contributed by atoms with Crippen LogP contribution < -0.4 is 5.32 Å². The van der Waals surface area contributed by atoms with Crippen LogP contribution in [0.5, 0.6) is 0 Å². The maximum atomic E-state index is 13.2.